The quantitative estimate of drug-likeness (QED) is 0.578. The monoisotopic (exact) mass is 414 g/mol. The number of thiazole rings is 1. The van der Waals surface area contributed by atoms with Gasteiger partial charge in [-0.15, -0.1) is 11.3 Å². The summed E-state index contributed by atoms with van der Waals surface area (Å²) in [6, 6.07) is 12.0. The third-order valence-corrected chi connectivity index (χ3v) is 6.77. The summed E-state index contributed by atoms with van der Waals surface area (Å²) in [5.74, 6) is 3.08. The topological polar surface area (TPSA) is 59.4 Å². The Balaban J connectivity index is 1.61. The molecule has 0 saturated heterocycles. The minimum Gasteiger partial charge on any atom is -0.453 e. The first-order valence-electron chi connectivity index (χ1n) is 8.46. The second kappa shape index (κ2) is 8.33. The number of aryl methyl sites for hydroxylation is 1. The summed E-state index contributed by atoms with van der Waals surface area (Å²) < 4.78 is 7.10. The lowest BCUT2D eigenvalue weighted by Gasteiger charge is -2.13. The highest BCUT2D eigenvalue weighted by Gasteiger charge is 2.17. The van der Waals surface area contributed by atoms with E-state index in [1.165, 1.54) is 0 Å². The number of anilines is 1. The van der Waals surface area contributed by atoms with Crippen LogP contribution in [-0.2, 0) is 0 Å². The summed E-state index contributed by atoms with van der Waals surface area (Å²) in [6.07, 6.45) is 1.84. The van der Waals surface area contributed by atoms with Crippen molar-refractivity contribution in [1.29, 1.82) is 0 Å². The summed E-state index contributed by atoms with van der Waals surface area (Å²) in [7, 11) is 0. The van der Waals surface area contributed by atoms with Gasteiger partial charge in [-0.3, -0.25) is 4.99 Å². The Labute approximate surface area is 170 Å². The SMILES string of the molecule is Cc1csc(Sc2cnc(NC3=NC(C)CS3)c(Oc3ccccc3)c2)n1. The van der Waals surface area contributed by atoms with Gasteiger partial charge in [0, 0.05) is 34.0 Å². The van der Waals surface area contributed by atoms with Crippen LogP contribution in [0.1, 0.15) is 12.6 Å². The van der Waals surface area contributed by atoms with Crippen LogP contribution in [0.3, 0.4) is 0 Å². The van der Waals surface area contributed by atoms with E-state index in [1.807, 2.05) is 54.9 Å². The van der Waals surface area contributed by atoms with Crippen molar-refractivity contribution in [3.05, 3.63) is 53.7 Å². The number of para-hydroxylation sites is 1. The van der Waals surface area contributed by atoms with Crippen LogP contribution < -0.4 is 10.1 Å². The Kier molecular flexibility index (Phi) is 5.66. The van der Waals surface area contributed by atoms with E-state index in [-0.39, 0.29) is 0 Å². The highest BCUT2D eigenvalue weighted by molar-refractivity contribution is 8.14. The van der Waals surface area contributed by atoms with E-state index in [0.29, 0.717) is 17.6 Å². The second-order valence-corrected chi connectivity index (χ2v) is 9.20. The fourth-order valence-electron chi connectivity index (χ4n) is 2.39. The van der Waals surface area contributed by atoms with Crippen LogP contribution in [0, 0.1) is 6.92 Å². The molecule has 1 aliphatic rings. The number of hydrogen-bond donors (Lipinski definition) is 1. The van der Waals surface area contributed by atoms with E-state index >= 15 is 0 Å². The zero-order valence-corrected chi connectivity index (χ0v) is 17.3. The van der Waals surface area contributed by atoms with Gasteiger partial charge >= 0.3 is 0 Å². The molecule has 1 aliphatic heterocycles. The smallest absolute Gasteiger partial charge is 0.175 e. The number of aromatic nitrogens is 2. The number of rotatable bonds is 5. The molecule has 1 atom stereocenters. The van der Waals surface area contributed by atoms with Crippen molar-refractivity contribution in [2.24, 2.45) is 4.99 Å². The Morgan fingerprint density at radius 3 is 2.81 bits per heavy atom. The molecular formula is C19H18N4OS3. The van der Waals surface area contributed by atoms with E-state index < -0.39 is 0 Å². The summed E-state index contributed by atoms with van der Waals surface area (Å²) in [5, 5.41) is 6.23. The van der Waals surface area contributed by atoms with E-state index in [9.17, 15) is 0 Å². The second-order valence-electron chi connectivity index (χ2n) is 6.01. The van der Waals surface area contributed by atoms with Crippen LogP contribution in [0.4, 0.5) is 5.82 Å². The zero-order valence-electron chi connectivity index (χ0n) is 14.9. The molecule has 0 amide bonds. The van der Waals surface area contributed by atoms with Crippen molar-refractivity contribution >= 4 is 45.8 Å². The summed E-state index contributed by atoms with van der Waals surface area (Å²) >= 11 is 4.92. The highest BCUT2D eigenvalue weighted by atomic mass is 32.2. The number of pyridine rings is 1. The Hall–Kier alpha value is -2.03. The van der Waals surface area contributed by atoms with Gasteiger partial charge < -0.3 is 10.1 Å². The number of aliphatic imine (C=N–C) groups is 1. The molecule has 0 bridgehead atoms. The number of amidine groups is 1. The minimum absolute atomic E-state index is 0.318. The van der Waals surface area contributed by atoms with Gasteiger partial charge in [0.15, 0.2) is 21.1 Å². The molecule has 138 valence electrons. The molecular weight excluding hydrogens is 396 g/mol. The molecule has 1 aromatic carbocycles. The van der Waals surface area contributed by atoms with Gasteiger partial charge in [-0.25, -0.2) is 9.97 Å². The molecule has 0 saturated carbocycles. The fraction of sp³-hybridized carbons (Fsp3) is 0.211. The predicted octanol–water partition coefficient (Wildman–Crippen LogP) is 5.69. The molecule has 2 aromatic heterocycles. The van der Waals surface area contributed by atoms with E-state index in [2.05, 4.69) is 27.2 Å². The third-order valence-electron chi connectivity index (χ3n) is 3.63. The van der Waals surface area contributed by atoms with Crippen LogP contribution in [0.5, 0.6) is 11.5 Å². The zero-order chi connectivity index (χ0) is 18.6. The molecule has 0 radical (unpaired) electrons. The molecule has 5 nitrogen and oxygen atoms in total. The highest BCUT2D eigenvalue weighted by Crippen LogP contribution is 2.36. The van der Waals surface area contributed by atoms with Gasteiger partial charge in [-0.1, -0.05) is 41.7 Å². The van der Waals surface area contributed by atoms with E-state index in [0.717, 1.165) is 31.6 Å². The van der Waals surface area contributed by atoms with E-state index in [4.69, 9.17) is 4.74 Å². The lowest BCUT2D eigenvalue weighted by Crippen LogP contribution is -2.08. The van der Waals surface area contributed by atoms with Crippen LogP contribution in [0.2, 0.25) is 0 Å². The first-order valence-corrected chi connectivity index (χ1v) is 11.1. The maximum atomic E-state index is 6.11. The molecule has 8 heteroatoms. The van der Waals surface area contributed by atoms with Gasteiger partial charge in [0.05, 0.1) is 6.04 Å². The molecule has 1 N–H and O–H groups in total. The Morgan fingerprint density at radius 2 is 2.11 bits per heavy atom. The van der Waals surface area contributed by atoms with Gasteiger partial charge in [0.25, 0.3) is 0 Å². The predicted molar refractivity (Wildman–Crippen MR) is 115 cm³/mol. The molecule has 1 unspecified atom stereocenters. The summed E-state index contributed by atoms with van der Waals surface area (Å²) in [6.45, 7) is 4.10. The van der Waals surface area contributed by atoms with Crippen LogP contribution in [-0.4, -0.2) is 26.9 Å². The molecule has 4 rings (SSSR count). The molecule has 0 fully saturated rings. The van der Waals surface area contributed by atoms with E-state index in [1.54, 1.807) is 34.9 Å². The molecule has 0 spiro atoms. The van der Waals surface area contributed by atoms with Crippen molar-refractivity contribution in [3.63, 3.8) is 0 Å². The van der Waals surface area contributed by atoms with Gasteiger partial charge in [-0.2, -0.15) is 0 Å². The fourth-order valence-corrected chi connectivity index (χ4v) is 5.10. The maximum Gasteiger partial charge on any atom is 0.175 e. The van der Waals surface area contributed by atoms with Gasteiger partial charge in [-0.05, 0) is 26.0 Å². The first kappa shape index (κ1) is 18.3. The lowest BCUT2D eigenvalue weighted by molar-refractivity contribution is 0.481. The van der Waals surface area contributed by atoms with Crippen molar-refractivity contribution in [1.82, 2.24) is 9.97 Å². The van der Waals surface area contributed by atoms with Crippen molar-refractivity contribution in [2.75, 3.05) is 11.1 Å². The van der Waals surface area contributed by atoms with Crippen molar-refractivity contribution < 1.29 is 4.74 Å². The molecule has 0 aliphatic carbocycles. The third kappa shape index (κ3) is 4.82. The van der Waals surface area contributed by atoms with Crippen LogP contribution in [0.25, 0.3) is 0 Å². The summed E-state index contributed by atoms with van der Waals surface area (Å²) in [5.41, 5.74) is 1.03. The standard InChI is InChI=1S/C19H18N4OS3/c1-12-10-25-18(21-12)23-17-16(24-14-6-4-3-5-7-14)8-15(9-20-17)27-19-22-13(2)11-26-19/h3-9,11-12H,10H2,1-2H3,(H,20,21,23). The van der Waals surface area contributed by atoms with Crippen LogP contribution in [0.15, 0.2) is 62.2 Å². The normalized spacial score (nSPS) is 16.2. The van der Waals surface area contributed by atoms with Gasteiger partial charge in [0.1, 0.15) is 5.75 Å². The van der Waals surface area contributed by atoms with Crippen molar-refractivity contribution in [3.8, 4) is 11.5 Å². The minimum atomic E-state index is 0.318. The number of ether oxygens (including phenoxy) is 1. The number of thioether (sulfide) groups is 1. The Bertz CT molecular complexity index is 959. The average molecular weight is 415 g/mol. The first-order chi connectivity index (χ1) is 13.2. The molecule has 27 heavy (non-hydrogen) atoms. The number of nitrogens with one attached hydrogen (secondary N) is 1. The number of benzene rings is 1. The largest absolute Gasteiger partial charge is 0.453 e. The Morgan fingerprint density at radius 1 is 1.26 bits per heavy atom. The average Bonchev–Trinajstić information content (AvgIpc) is 3.26. The van der Waals surface area contributed by atoms with Crippen LogP contribution >= 0.6 is 34.9 Å². The molecule has 3 aromatic rings. The number of hydrogen-bond acceptors (Lipinski definition) is 8. The maximum absolute atomic E-state index is 6.11. The lowest BCUT2D eigenvalue weighted by atomic mass is 10.3. The molecule has 3 heterocycles. The van der Waals surface area contributed by atoms with Crippen molar-refractivity contribution in [2.45, 2.75) is 29.1 Å². The summed E-state index contributed by atoms with van der Waals surface area (Å²) in [4.78, 5) is 14.7. The van der Waals surface area contributed by atoms with Gasteiger partial charge in [0.2, 0.25) is 0 Å². The number of nitrogens with zero attached hydrogens (tertiary/aromatic N) is 3.